The van der Waals surface area contributed by atoms with Crippen molar-refractivity contribution in [1.29, 1.82) is 0 Å². The van der Waals surface area contributed by atoms with Crippen molar-refractivity contribution in [1.82, 2.24) is 5.32 Å². The third-order valence-corrected chi connectivity index (χ3v) is 4.89. The number of nitrogens with one attached hydrogen (secondary N) is 1. The molecule has 1 N–H and O–H groups in total. The van der Waals surface area contributed by atoms with Crippen molar-refractivity contribution in [2.24, 2.45) is 0 Å². The summed E-state index contributed by atoms with van der Waals surface area (Å²) < 4.78 is 13.4. The summed E-state index contributed by atoms with van der Waals surface area (Å²) in [5.41, 5.74) is 0.848. The molecule has 0 aliphatic rings. The fourth-order valence-electron chi connectivity index (χ4n) is 1.90. The summed E-state index contributed by atoms with van der Waals surface area (Å²) >= 11 is 13.3. The van der Waals surface area contributed by atoms with Gasteiger partial charge in [-0.15, -0.1) is 11.3 Å². The highest BCUT2D eigenvalue weighted by Crippen LogP contribution is 2.35. The maximum absolute atomic E-state index is 13.4. The van der Waals surface area contributed by atoms with Crippen LogP contribution in [0.3, 0.4) is 0 Å². The van der Waals surface area contributed by atoms with E-state index in [1.165, 1.54) is 4.88 Å². The van der Waals surface area contributed by atoms with Crippen LogP contribution in [0.4, 0.5) is 4.39 Å². The summed E-state index contributed by atoms with van der Waals surface area (Å²) in [5.74, 6) is -0.563. The van der Waals surface area contributed by atoms with Gasteiger partial charge in [-0.2, -0.15) is 0 Å². The van der Waals surface area contributed by atoms with Crippen molar-refractivity contribution in [3.05, 3.63) is 45.0 Å². The zero-order valence-corrected chi connectivity index (χ0v) is 13.7. The van der Waals surface area contributed by atoms with Gasteiger partial charge in [0, 0.05) is 15.8 Å². The summed E-state index contributed by atoms with van der Waals surface area (Å²) in [7, 11) is 0. The van der Waals surface area contributed by atoms with Gasteiger partial charge in [0.1, 0.15) is 0 Å². The molecule has 5 heteroatoms. The molecule has 0 bridgehead atoms. The van der Waals surface area contributed by atoms with E-state index >= 15 is 0 Å². The average Bonchev–Trinajstić information content (AvgIpc) is 2.91. The van der Waals surface area contributed by atoms with Gasteiger partial charge in [-0.1, -0.05) is 30.1 Å². The van der Waals surface area contributed by atoms with Crippen molar-refractivity contribution >= 4 is 34.5 Å². The summed E-state index contributed by atoms with van der Waals surface area (Å²) in [4.78, 5) is 2.28. The Bertz CT molecular complexity index is 574. The zero-order valence-electron chi connectivity index (χ0n) is 11.3. The van der Waals surface area contributed by atoms with Crippen molar-refractivity contribution in [3.63, 3.8) is 0 Å². The van der Waals surface area contributed by atoms with Crippen LogP contribution in [0.5, 0.6) is 0 Å². The lowest BCUT2D eigenvalue weighted by molar-refractivity contribution is 0.578. The van der Waals surface area contributed by atoms with Crippen LogP contribution in [0.25, 0.3) is 10.4 Å². The van der Waals surface area contributed by atoms with Crippen LogP contribution in [0.15, 0.2) is 24.3 Å². The van der Waals surface area contributed by atoms with Crippen LogP contribution >= 0.6 is 34.5 Å². The van der Waals surface area contributed by atoms with E-state index < -0.39 is 5.82 Å². The fourth-order valence-corrected chi connectivity index (χ4v) is 3.41. The number of hydrogen-bond donors (Lipinski definition) is 1. The molecule has 1 aromatic carbocycles. The van der Waals surface area contributed by atoms with Gasteiger partial charge in [-0.05, 0) is 49.7 Å². The highest BCUT2D eigenvalue weighted by molar-refractivity contribution is 7.15. The Labute approximate surface area is 132 Å². The third kappa shape index (κ3) is 3.53. The molecular formula is C15H16Cl2FNS. The summed E-state index contributed by atoms with van der Waals surface area (Å²) in [5, 5.41) is 3.55. The number of halogens is 3. The molecule has 1 unspecified atom stereocenters. The number of rotatable bonds is 5. The lowest BCUT2D eigenvalue weighted by Crippen LogP contribution is -2.18. The number of thiophene rings is 1. The van der Waals surface area contributed by atoms with Crippen LogP contribution in [0.2, 0.25) is 10.0 Å². The first-order valence-corrected chi connectivity index (χ1v) is 8.08. The van der Waals surface area contributed by atoms with E-state index in [0.717, 1.165) is 23.4 Å². The first kappa shape index (κ1) is 15.8. The molecule has 0 spiro atoms. The molecule has 0 fully saturated rings. The van der Waals surface area contributed by atoms with E-state index in [9.17, 15) is 4.39 Å². The standard InChI is InChI=1S/C15H16Cl2FNS/c1-3-6-19-9(2)13-4-5-14(20-13)10-7-11(16)15(18)12(17)8-10/h4-5,7-9,19H,3,6H2,1-2H3. The molecular weight excluding hydrogens is 316 g/mol. The Morgan fingerprint density at radius 1 is 1.25 bits per heavy atom. The number of benzene rings is 1. The van der Waals surface area contributed by atoms with Crippen LogP contribution in [0, 0.1) is 5.82 Å². The molecule has 1 atom stereocenters. The molecule has 0 amide bonds. The largest absolute Gasteiger partial charge is 0.309 e. The minimum absolute atomic E-state index is 0.0552. The maximum atomic E-state index is 13.4. The minimum Gasteiger partial charge on any atom is -0.309 e. The van der Waals surface area contributed by atoms with Gasteiger partial charge < -0.3 is 5.32 Å². The second kappa shape index (κ2) is 6.90. The first-order chi connectivity index (χ1) is 9.52. The lowest BCUT2D eigenvalue weighted by Gasteiger charge is -2.10. The van der Waals surface area contributed by atoms with Crippen molar-refractivity contribution in [2.75, 3.05) is 6.54 Å². The van der Waals surface area contributed by atoms with E-state index in [0.29, 0.717) is 6.04 Å². The zero-order chi connectivity index (χ0) is 14.7. The fraction of sp³-hybridized carbons (Fsp3) is 0.333. The van der Waals surface area contributed by atoms with Crippen LogP contribution < -0.4 is 5.32 Å². The van der Waals surface area contributed by atoms with Gasteiger partial charge in [-0.25, -0.2) is 4.39 Å². The third-order valence-electron chi connectivity index (χ3n) is 3.02. The lowest BCUT2D eigenvalue weighted by atomic mass is 10.2. The molecule has 0 aliphatic carbocycles. The quantitative estimate of drug-likeness (QED) is 0.670. The van der Waals surface area contributed by atoms with Crippen LogP contribution in [-0.2, 0) is 0 Å². The molecule has 20 heavy (non-hydrogen) atoms. The number of hydrogen-bond acceptors (Lipinski definition) is 2. The molecule has 1 nitrogen and oxygen atoms in total. The molecule has 2 rings (SSSR count). The Balaban J connectivity index is 2.24. The smallest absolute Gasteiger partial charge is 0.160 e. The Morgan fingerprint density at radius 3 is 2.50 bits per heavy atom. The Kier molecular flexibility index (Phi) is 5.44. The topological polar surface area (TPSA) is 12.0 Å². The molecule has 0 radical (unpaired) electrons. The van der Waals surface area contributed by atoms with Crippen molar-refractivity contribution < 1.29 is 4.39 Å². The van der Waals surface area contributed by atoms with Gasteiger partial charge in [0.05, 0.1) is 10.0 Å². The molecule has 1 heterocycles. The maximum Gasteiger partial charge on any atom is 0.160 e. The van der Waals surface area contributed by atoms with E-state index in [2.05, 4.69) is 25.2 Å². The molecule has 2 aromatic rings. The summed E-state index contributed by atoms with van der Waals surface area (Å²) in [6.45, 7) is 5.26. The Hall–Kier alpha value is -0.610. The SMILES string of the molecule is CCCNC(C)c1ccc(-c2cc(Cl)c(F)c(Cl)c2)s1. The molecule has 0 aliphatic heterocycles. The average molecular weight is 332 g/mol. The van der Waals surface area contributed by atoms with Crippen LogP contribution in [0.1, 0.15) is 31.2 Å². The van der Waals surface area contributed by atoms with Gasteiger partial charge in [0.2, 0.25) is 0 Å². The summed E-state index contributed by atoms with van der Waals surface area (Å²) in [6, 6.07) is 7.63. The molecule has 108 valence electrons. The second-order valence-corrected chi connectivity index (χ2v) is 6.56. The van der Waals surface area contributed by atoms with E-state index in [1.807, 2.05) is 6.07 Å². The minimum atomic E-state index is -0.563. The van der Waals surface area contributed by atoms with Gasteiger partial charge in [0.25, 0.3) is 0 Å². The van der Waals surface area contributed by atoms with Gasteiger partial charge in [-0.3, -0.25) is 0 Å². The van der Waals surface area contributed by atoms with E-state index in [1.54, 1.807) is 23.5 Å². The molecule has 0 saturated carbocycles. The predicted molar refractivity (Wildman–Crippen MR) is 86.4 cm³/mol. The predicted octanol–water partition coefficient (Wildman–Crippen LogP) is 5.92. The second-order valence-electron chi connectivity index (χ2n) is 4.63. The van der Waals surface area contributed by atoms with E-state index in [-0.39, 0.29) is 10.0 Å². The van der Waals surface area contributed by atoms with Crippen LogP contribution in [-0.4, -0.2) is 6.54 Å². The Morgan fingerprint density at radius 2 is 1.90 bits per heavy atom. The van der Waals surface area contributed by atoms with Crippen molar-refractivity contribution in [2.45, 2.75) is 26.3 Å². The van der Waals surface area contributed by atoms with Gasteiger partial charge >= 0.3 is 0 Å². The highest BCUT2D eigenvalue weighted by Gasteiger charge is 2.12. The highest BCUT2D eigenvalue weighted by atomic mass is 35.5. The monoisotopic (exact) mass is 331 g/mol. The normalized spacial score (nSPS) is 12.7. The first-order valence-electron chi connectivity index (χ1n) is 6.51. The summed E-state index contributed by atoms with van der Waals surface area (Å²) in [6.07, 6.45) is 1.10. The molecule has 1 aromatic heterocycles. The molecule has 0 saturated heterocycles. The van der Waals surface area contributed by atoms with Gasteiger partial charge in [0.15, 0.2) is 5.82 Å². The van der Waals surface area contributed by atoms with Crippen molar-refractivity contribution in [3.8, 4) is 10.4 Å². The van der Waals surface area contributed by atoms with E-state index in [4.69, 9.17) is 23.2 Å².